The molecule has 0 saturated heterocycles. The molecule has 0 unspecified atom stereocenters. The summed E-state index contributed by atoms with van der Waals surface area (Å²) in [6.45, 7) is 0.888. The van der Waals surface area contributed by atoms with Gasteiger partial charge in [0.2, 0.25) is 5.91 Å². The zero-order valence-corrected chi connectivity index (χ0v) is 19.3. The number of carbonyl (C=O) groups excluding carboxylic acids is 1. The number of nitrogens with zero attached hydrogens (tertiary/aromatic N) is 1. The molecule has 3 aromatic rings. The molecule has 0 aliphatic carbocycles. The number of aryl methyl sites for hydroxylation is 1. The Kier molecular flexibility index (Phi) is 7.35. The minimum absolute atomic E-state index is 0.0520. The Morgan fingerprint density at radius 3 is 2.24 bits per heavy atom. The van der Waals surface area contributed by atoms with Crippen LogP contribution in [0.2, 0.25) is 0 Å². The van der Waals surface area contributed by atoms with E-state index in [1.807, 2.05) is 0 Å². The van der Waals surface area contributed by atoms with Crippen molar-refractivity contribution in [2.75, 3.05) is 30.4 Å². The lowest BCUT2D eigenvalue weighted by atomic mass is 10.2. The molecule has 11 heteroatoms. The second kappa shape index (κ2) is 10.0. The van der Waals surface area contributed by atoms with Gasteiger partial charge in [-0.05, 0) is 61.0 Å². The van der Waals surface area contributed by atoms with E-state index in [-0.39, 0.29) is 16.3 Å². The van der Waals surface area contributed by atoms with Crippen LogP contribution in [-0.2, 0) is 14.8 Å². The van der Waals surface area contributed by atoms with Crippen molar-refractivity contribution >= 4 is 27.3 Å². The van der Waals surface area contributed by atoms with Gasteiger partial charge in [0.1, 0.15) is 22.9 Å². The van der Waals surface area contributed by atoms with Crippen LogP contribution in [0.25, 0.3) is 0 Å². The summed E-state index contributed by atoms with van der Waals surface area (Å²) in [7, 11) is -1.63. The van der Waals surface area contributed by atoms with Crippen LogP contribution in [0.3, 0.4) is 0 Å². The number of hydrogen-bond donors (Lipinski definition) is 1. The van der Waals surface area contributed by atoms with Crippen LogP contribution in [0, 0.1) is 24.4 Å². The van der Waals surface area contributed by atoms with E-state index in [0.717, 1.165) is 10.4 Å². The number of sulfonamides is 1. The fraction of sp³-hybridized carbons (Fsp3) is 0.174. The average Bonchev–Trinajstić information content (AvgIpc) is 2.83. The van der Waals surface area contributed by atoms with Crippen LogP contribution >= 0.6 is 0 Å². The van der Waals surface area contributed by atoms with Crippen molar-refractivity contribution in [3.8, 4) is 11.5 Å². The average molecular weight is 494 g/mol. The van der Waals surface area contributed by atoms with Gasteiger partial charge in [-0.15, -0.1) is 0 Å². The maximum Gasteiger partial charge on any atom is 0.268 e. The van der Waals surface area contributed by atoms with E-state index >= 15 is 0 Å². The maximum atomic E-state index is 14.0. The summed E-state index contributed by atoms with van der Waals surface area (Å²) < 4.78 is 79.1. The predicted molar refractivity (Wildman–Crippen MR) is 120 cm³/mol. The summed E-state index contributed by atoms with van der Waals surface area (Å²) in [6.07, 6.45) is 0. The molecule has 180 valence electrons. The van der Waals surface area contributed by atoms with Gasteiger partial charge >= 0.3 is 0 Å². The number of nitrogens with one attached hydrogen (secondary N) is 1. The number of halogens is 3. The molecule has 0 fully saturated rings. The zero-order chi connectivity index (χ0) is 25.0. The van der Waals surface area contributed by atoms with Crippen molar-refractivity contribution in [1.82, 2.24) is 0 Å². The van der Waals surface area contributed by atoms with Crippen molar-refractivity contribution in [3.63, 3.8) is 0 Å². The van der Waals surface area contributed by atoms with Gasteiger partial charge < -0.3 is 14.8 Å². The van der Waals surface area contributed by atoms with E-state index in [9.17, 15) is 26.4 Å². The number of methoxy groups -OCH3 is 2. The normalized spacial score (nSPS) is 11.1. The molecule has 0 aliphatic heterocycles. The molecule has 0 spiro atoms. The topological polar surface area (TPSA) is 84.9 Å². The molecule has 0 heterocycles. The van der Waals surface area contributed by atoms with Gasteiger partial charge in [-0.2, -0.15) is 0 Å². The maximum absolute atomic E-state index is 14.0. The minimum Gasteiger partial charge on any atom is -0.497 e. The quantitative estimate of drug-likeness (QED) is 0.473. The third kappa shape index (κ3) is 5.09. The molecule has 1 amide bonds. The van der Waals surface area contributed by atoms with Crippen LogP contribution in [0.15, 0.2) is 59.5 Å². The SMILES string of the molecule is COc1ccc(N(CC(=O)Nc2ccc(F)c(F)c2F)S(=O)(=O)c2cc(C)ccc2OC)cc1. The molecular formula is C23H21F3N2O5S. The van der Waals surface area contributed by atoms with Crippen LogP contribution in [0.4, 0.5) is 24.5 Å². The molecule has 0 atom stereocenters. The van der Waals surface area contributed by atoms with Gasteiger partial charge in [-0.3, -0.25) is 9.10 Å². The minimum atomic E-state index is -4.37. The lowest BCUT2D eigenvalue weighted by molar-refractivity contribution is -0.114. The second-order valence-electron chi connectivity index (χ2n) is 7.14. The first kappa shape index (κ1) is 24.9. The van der Waals surface area contributed by atoms with Crippen molar-refractivity contribution in [3.05, 3.63) is 77.6 Å². The molecule has 7 nitrogen and oxygen atoms in total. The zero-order valence-electron chi connectivity index (χ0n) is 18.4. The Morgan fingerprint density at radius 1 is 0.941 bits per heavy atom. The third-order valence-electron chi connectivity index (χ3n) is 4.84. The predicted octanol–water partition coefficient (Wildman–Crippen LogP) is 4.26. The molecule has 3 rings (SSSR count). The lowest BCUT2D eigenvalue weighted by Gasteiger charge is -2.25. The number of amides is 1. The van der Waals surface area contributed by atoms with Crippen molar-refractivity contribution in [1.29, 1.82) is 0 Å². The number of benzene rings is 3. The van der Waals surface area contributed by atoms with Crippen molar-refractivity contribution in [2.24, 2.45) is 0 Å². The van der Waals surface area contributed by atoms with Crippen LogP contribution in [-0.4, -0.2) is 35.1 Å². The van der Waals surface area contributed by atoms with E-state index < -0.39 is 45.6 Å². The van der Waals surface area contributed by atoms with E-state index in [4.69, 9.17) is 9.47 Å². The van der Waals surface area contributed by atoms with E-state index in [1.165, 1.54) is 50.6 Å². The highest BCUT2D eigenvalue weighted by Gasteiger charge is 2.30. The Bertz CT molecular complexity index is 1310. The number of anilines is 2. The smallest absolute Gasteiger partial charge is 0.268 e. The highest BCUT2D eigenvalue weighted by Crippen LogP contribution is 2.32. The molecule has 0 bridgehead atoms. The van der Waals surface area contributed by atoms with Gasteiger partial charge in [-0.25, -0.2) is 21.6 Å². The summed E-state index contributed by atoms with van der Waals surface area (Å²) in [5.41, 5.74) is 0.0942. The number of hydrogen-bond acceptors (Lipinski definition) is 5. The fourth-order valence-corrected chi connectivity index (χ4v) is 4.77. The Hall–Kier alpha value is -3.73. The highest BCUT2D eigenvalue weighted by atomic mass is 32.2. The largest absolute Gasteiger partial charge is 0.497 e. The van der Waals surface area contributed by atoms with E-state index in [2.05, 4.69) is 5.32 Å². The first-order valence-corrected chi connectivity index (χ1v) is 11.3. The number of rotatable bonds is 8. The molecule has 0 aromatic heterocycles. The number of carbonyl (C=O) groups is 1. The Balaban J connectivity index is 2.03. The summed E-state index contributed by atoms with van der Waals surface area (Å²) >= 11 is 0. The van der Waals surface area contributed by atoms with Crippen LogP contribution < -0.4 is 19.1 Å². The fourth-order valence-electron chi connectivity index (χ4n) is 3.11. The Labute approximate surface area is 194 Å². The van der Waals surface area contributed by atoms with Gasteiger partial charge in [0, 0.05) is 0 Å². The van der Waals surface area contributed by atoms with E-state index in [1.54, 1.807) is 13.0 Å². The summed E-state index contributed by atoms with van der Waals surface area (Å²) in [6, 6.07) is 11.8. The molecule has 34 heavy (non-hydrogen) atoms. The standard InChI is InChI=1S/C23H21F3N2O5S/c1-14-4-11-19(33-3)20(12-14)34(30,31)28(15-5-7-16(32-2)8-6-15)13-21(29)27-18-10-9-17(24)22(25)23(18)26/h4-12H,13H2,1-3H3,(H,27,29). The number of ether oxygens (including phenoxy) is 2. The second-order valence-corrected chi connectivity index (χ2v) is 8.97. The van der Waals surface area contributed by atoms with Gasteiger partial charge in [0.05, 0.1) is 25.6 Å². The first-order chi connectivity index (χ1) is 16.1. The molecule has 3 aromatic carbocycles. The monoisotopic (exact) mass is 494 g/mol. The van der Waals surface area contributed by atoms with E-state index in [0.29, 0.717) is 17.4 Å². The van der Waals surface area contributed by atoms with Gasteiger partial charge in [0.15, 0.2) is 17.5 Å². The third-order valence-corrected chi connectivity index (χ3v) is 6.64. The van der Waals surface area contributed by atoms with Crippen molar-refractivity contribution < 1.29 is 35.9 Å². The summed E-state index contributed by atoms with van der Waals surface area (Å²) in [5.74, 6) is -5.28. The molecular weight excluding hydrogens is 473 g/mol. The summed E-state index contributed by atoms with van der Waals surface area (Å²) in [5, 5.41) is 2.08. The van der Waals surface area contributed by atoms with Gasteiger partial charge in [-0.1, -0.05) is 6.07 Å². The highest BCUT2D eigenvalue weighted by molar-refractivity contribution is 7.93. The molecule has 1 N–H and O–H groups in total. The molecule has 0 saturated carbocycles. The lowest BCUT2D eigenvalue weighted by Crippen LogP contribution is -2.38. The molecule has 0 aliphatic rings. The Morgan fingerprint density at radius 2 is 1.62 bits per heavy atom. The molecule has 0 radical (unpaired) electrons. The van der Waals surface area contributed by atoms with Crippen LogP contribution in [0.1, 0.15) is 5.56 Å². The van der Waals surface area contributed by atoms with Crippen molar-refractivity contribution in [2.45, 2.75) is 11.8 Å². The van der Waals surface area contributed by atoms with Crippen LogP contribution in [0.5, 0.6) is 11.5 Å². The first-order valence-electron chi connectivity index (χ1n) is 9.83. The van der Waals surface area contributed by atoms with Gasteiger partial charge in [0.25, 0.3) is 10.0 Å². The summed E-state index contributed by atoms with van der Waals surface area (Å²) in [4.78, 5) is 12.5.